The number of nitrogens with one attached hydrogen (secondary N) is 3. The van der Waals surface area contributed by atoms with Crippen LogP contribution < -0.4 is 15.6 Å². The molecule has 1 atom stereocenters. The number of rotatable bonds is 5. The van der Waals surface area contributed by atoms with Crippen molar-refractivity contribution in [3.63, 3.8) is 0 Å². The van der Waals surface area contributed by atoms with E-state index in [-0.39, 0.29) is 0 Å². The fourth-order valence-electron chi connectivity index (χ4n) is 1.96. The number of hydrogen-bond donors (Lipinski definition) is 3. The molecule has 0 aliphatic carbocycles. The molecule has 2 rings (SSSR count). The Morgan fingerprint density at radius 2 is 1.87 bits per heavy atom. The molecule has 0 fully saturated rings. The van der Waals surface area contributed by atoms with Gasteiger partial charge in [0.2, 0.25) is 0 Å². The minimum Gasteiger partial charge on any atom is -0.481 e. The van der Waals surface area contributed by atoms with Gasteiger partial charge in [-0.25, -0.2) is 0 Å². The number of aromatic amines is 1. The minimum atomic E-state index is -0.735. The zero-order chi connectivity index (χ0) is 16.8. The Morgan fingerprint density at radius 1 is 1.09 bits per heavy atom. The summed E-state index contributed by atoms with van der Waals surface area (Å²) >= 11 is 0. The molecule has 0 aliphatic heterocycles. The van der Waals surface area contributed by atoms with Gasteiger partial charge in [0.05, 0.1) is 0 Å². The van der Waals surface area contributed by atoms with Gasteiger partial charge in [0.25, 0.3) is 11.8 Å². The summed E-state index contributed by atoms with van der Waals surface area (Å²) in [4.78, 5) is 26.4. The lowest BCUT2D eigenvalue weighted by Crippen LogP contribution is -2.47. The van der Waals surface area contributed by atoms with E-state index < -0.39 is 17.9 Å². The van der Waals surface area contributed by atoms with Gasteiger partial charge in [-0.15, -0.1) is 0 Å². The first-order valence-electron chi connectivity index (χ1n) is 7.47. The largest absolute Gasteiger partial charge is 0.481 e. The van der Waals surface area contributed by atoms with Crippen molar-refractivity contribution in [3.05, 3.63) is 53.9 Å². The van der Waals surface area contributed by atoms with Crippen LogP contribution in [0, 0.1) is 0 Å². The van der Waals surface area contributed by atoms with E-state index in [0.717, 1.165) is 5.56 Å². The predicted octanol–water partition coefficient (Wildman–Crippen LogP) is 2.37. The van der Waals surface area contributed by atoms with Gasteiger partial charge in [0.1, 0.15) is 11.4 Å². The normalized spacial score (nSPS) is 11.8. The summed E-state index contributed by atoms with van der Waals surface area (Å²) in [6.45, 7) is 5.80. The van der Waals surface area contributed by atoms with Crippen molar-refractivity contribution in [1.82, 2.24) is 15.8 Å². The first-order valence-corrected chi connectivity index (χ1v) is 7.47. The van der Waals surface area contributed by atoms with E-state index in [0.29, 0.717) is 17.4 Å². The molecule has 0 saturated heterocycles. The summed E-state index contributed by atoms with van der Waals surface area (Å²) < 4.78 is 5.62. The third-order valence-corrected chi connectivity index (χ3v) is 3.35. The van der Waals surface area contributed by atoms with Gasteiger partial charge in [-0.05, 0) is 42.7 Å². The first-order chi connectivity index (χ1) is 11.0. The summed E-state index contributed by atoms with van der Waals surface area (Å²) in [6.07, 6.45) is 0.894. The Bertz CT molecular complexity index is 665. The second-order valence-electron chi connectivity index (χ2n) is 5.51. The zero-order valence-corrected chi connectivity index (χ0v) is 13.4. The van der Waals surface area contributed by atoms with Crippen LogP contribution in [0.1, 0.15) is 42.7 Å². The molecule has 0 radical (unpaired) electrons. The Labute approximate surface area is 135 Å². The molecule has 6 nitrogen and oxygen atoms in total. The van der Waals surface area contributed by atoms with E-state index >= 15 is 0 Å². The second-order valence-corrected chi connectivity index (χ2v) is 5.51. The smallest absolute Gasteiger partial charge is 0.286 e. The van der Waals surface area contributed by atoms with E-state index in [4.69, 9.17) is 4.74 Å². The topological polar surface area (TPSA) is 83.2 Å². The highest BCUT2D eigenvalue weighted by Crippen LogP contribution is 2.20. The molecular formula is C17H21N3O3. The number of H-pyrrole nitrogens is 1. The molecule has 6 heteroatoms. The van der Waals surface area contributed by atoms with Crippen LogP contribution in [0.2, 0.25) is 0 Å². The molecule has 3 N–H and O–H groups in total. The van der Waals surface area contributed by atoms with Crippen molar-refractivity contribution in [2.45, 2.75) is 32.8 Å². The molecule has 2 aromatic rings. The Morgan fingerprint density at radius 3 is 2.52 bits per heavy atom. The number of benzene rings is 1. The van der Waals surface area contributed by atoms with Crippen LogP contribution in [-0.4, -0.2) is 22.9 Å². The monoisotopic (exact) mass is 315 g/mol. The van der Waals surface area contributed by atoms with E-state index in [1.54, 1.807) is 31.3 Å². The fraction of sp³-hybridized carbons (Fsp3) is 0.294. The third kappa shape index (κ3) is 4.60. The van der Waals surface area contributed by atoms with Crippen LogP contribution in [0.4, 0.5) is 0 Å². The van der Waals surface area contributed by atoms with Crippen LogP contribution in [-0.2, 0) is 4.79 Å². The van der Waals surface area contributed by atoms with E-state index in [1.807, 2.05) is 18.2 Å². The van der Waals surface area contributed by atoms with Crippen molar-refractivity contribution in [3.8, 4) is 5.75 Å². The highest BCUT2D eigenvalue weighted by molar-refractivity contribution is 5.94. The second kappa shape index (κ2) is 7.49. The van der Waals surface area contributed by atoms with Gasteiger partial charge in [0.15, 0.2) is 6.10 Å². The molecule has 122 valence electrons. The number of aromatic nitrogens is 1. The summed E-state index contributed by atoms with van der Waals surface area (Å²) in [6, 6.07) is 10.9. The molecule has 0 aliphatic rings. The maximum Gasteiger partial charge on any atom is 0.286 e. The van der Waals surface area contributed by atoms with Crippen LogP contribution in [0.3, 0.4) is 0 Å². The van der Waals surface area contributed by atoms with Gasteiger partial charge in [-0.3, -0.25) is 20.4 Å². The maximum atomic E-state index is 12.0. The minimum absolute atomic E-state index is 0.364. The maximum absolute atomic E-state index is 12.0. The summed E-state index contributed by atoms with van der Waals surface area (Å²) in [5, 5.41) is 0. The van der Waals surface area contributed by atoms with Crippen LogP contribution in [0.15, 0.2) is 42.6 Å². The Balaban J connectivity index is 1.87. The molecule has 1 aromatic heterocycles. The molecule has 0 bridgehead atoms. The molecule has 1 heterocycles. The Kier molecular flexibility index (Phi) is 5.41. The van der Waals surface area contributed by atoms with Crippen molar-refractivity contribution < 1.29 is 14.3 Å². The first kappa shape index (κ1) is 16.6. The molecular weight excluding hydrogens is 294 g/mol. The average Bonchev–Trinajstić information content (AvgIpc) is 3.07. The number of ether oxygens (including phenoxy) is 1. The van der Waals surface area contributed by atoms with Crippen LogP contribution >= 0.6 is 0 Å². The fourth-order valence-corrected chi connectivity index (χ4v) is 1.96. The number of carbonyl (C=O) groups is 2. The lowest BCUT2D eigenvalue weighted by molar-refractivity contribution is -0.128. The summed E-state index contributed by atoms with van der Waals surface area (Å²) in [7, 11) is 0. The molecule has 23 heavy (non-hydrogen) atoms. The Hall–Kier alpha value is -2.76. The lowest BCUT2D eigenvalue weighted by Gasteiger charge is -2.16. The zero-order valence-electron chi connectivity index (χ0n) is 13.4. The van der Waals surface area contributed by atoms with Crippen LogP contribution in [0.5, 0.6) is 5.75 Å². The predicted molar refractivity (Wildman–Crippen MR) is 87.0 cm³/mol. The van der Waals surface area contributed by atoms with E-state index in [2.05, 4.69) is 29.7 Å². The highest BCUT2D eigenvalue weighted by Gasteiger charge is 2.16. The number of carbonyl (C=O) groups excluding carboxylic acids is 2. The van der Waals surface area contributed by atoms with Crippen molar-refractivity contribution in [1.29, 1.82) is 0 Å². The van der Waals surface area contributed by atoms with Crippen molar-refractivity contribution in [2.24, 2.45) is 0 Å². The highest BCUT2D eigenvalue weighted by atomic mass is 16.5. The van der Waals surface area contributed by atoms with Gasteiger partial charge in [-0.2, -0.15) is 0 Å². The average molecular weight is 315 g/mol. The van der Waals surface area contributed by atoms with E-state index in [9.17, 15) is 9.59 Å². The van der Waals surface area contributed by atoms with Crippen molar-refractivity contribution in [2.75, 3.05) is 0 Å². The number of hydrogen-bond acceptors (Lipinski definition) is 3. The lowest BCUT2D eigenvalue weighted by atomic mass is 10.0. The SMILES string of the molecule is CC(Oc1cccc(C(C)C)c1)C(=O)NNC(=O)c1ccc[nH]1. The third-order valence-electron chi connectivity index (χ3n) is 3.35. The molecule has 1 unspecified atom stereocenters. The van der Waals surface area contributed by atoms with Gasteiger partial charge < -0.3 is 9.72 Å². The van der Waals surface area contributed by atoms with Gasteiger partial charge >= 0.3 is 0 Å². The van der Waals surface area contributed by atoms with Crippen molar-refractivity contribution >= 4 is 11.8 Å². The number of amides is 2. The van der Waals surface area contributed by atoms with Gasteiger partial charge in [-0.1, -0.05) is 26.0 Å². The molecule has 0 saturated carbocycles. The number of hydrazine groups is 1. The quantitative estimate of drug-likeness (QED) is 0.741. The summed E-state index contributed by atoms with van der Waals surface area (Å²) in [5.74, 6) is 0.148. The van der Waals surface area contributed by atoms with Gasteiger partial charge in [0, 0.05) is 6.20 Å². The standard InChI is InChI=1S/C17H21N3O3/c1-11(2)13-6-4-7-14(10-13)23-12(3)16(21)19-20-17(22)15-8-5-9-18-15/h4-12,18H,1-3H3,(H,19,21)(H,20,22). The van der Waals surface area contributed by atoms with Crippen LogP contribution in [0.25, 0.3) is 0 Å². The molecule has 1 aromatic carbocycles. The molecule has 0 spiro atoms. The summed E-state index contributed by atoms with van der Waals surface area (Å²) in [5.41, 5.74) is 6.17. The van der Waals surface area contributed by atoms with E-state index in [1.165, 1.54) is 0 Å². The molecule has 2 amide bonds.